The molecule has 3 aromatic rings. The zero-order valence-electron chi connectivity index (χ0n) is 20.4. The minimum atomic E-state index is -0.506. The van der Waals surface area contributed by atoms with Crippen LogP contribution in [0.1, 0.15) is 46.6 Å². The highest BCUT2D eigenvalue weighted by Crippen LogP contribution is 2.34. The van der Waals surface area contributed by atoms with Crippen molar-refractivity contribution in [3.8, 4) is 5.69 Å². The lowest BCUT2D eigenvalue weighted by atomic mass is 9.95. The molecule has 1 spiro atoms. The molecule has 182 valence electrons. The van der Waals surface area contributed by atoms with Crippen molar-refractivity contribution in [3.63, 3.8) is 0 Å². The van der Waals surface area contributed by atoms with E-state index in [1.165, 1.54) is 5.56 Å². The minimum absolute atomic E-state index is 0.00990. The monoisotopic (exact) mass is 472 g/mol. The topological polar surface area (TPSA) is 67.7 Å². The summed E-state index contributed by atoms with van der Waals surface area (Å²) in [5, 5.41) is 4.54. The van der Waals surface area contributed by atoms with Gasteiger partial charge >= 0.3 is 6.09 Å². The molecule has 2 saturated heterocycles. The summed E-state index contributed by atoms with van der Waals surface area (Å²) in [6, 6.07) is 19.9. The number of carbonyl (C=O) groups excluding carboxylic acids is 2. The molecule has 1 unspecified atom stereocenters. The van der Waals surface area contributed by atoms with Crippen LogP contribution in [0.3, 0.4) is 0 Å². The summed E-state index contributed by atoms with van der Waals surface area (Å²) in [7, 11) is 0. The van der Waals surface area contributed by atoms with E-state index in [2.05, 4.69) is 17.2 Å². The molecule has 1 atom stereocenters. The summed E-state index contributed by atoms with van der Waals surface area (Å²) < 4.78 is 7.80. The highest BCUT2D eigenvalue weighted by atomic mass is 16.6. The maximum absolute atomic E-state index is 13.4. The molecule has 0 saturated carbocycles. The van der Waals surface area contributed by atoms with Crippen molar-refractivity contribution < 1.29 is 14.3 Å². The van der Waals surface area contributed by atoms with Gasteiger partial charge in [-0.15, -0.1) is 0 Å². The molecule has 0 bridgehead atoms. The first-order chi connectivity index (χ1) is 16.9. The number of carbonyl (C=O) groups is 2. The number of aromatic nitrogens is 2. The van der Waals surface area contributed by atoms with Crippen molar-refractivity contribution >= 4 is 12.0 Å². The number of hydrogen-bond acceptors (Lipinski definition) is 4. The fourth-order valence-electron chi connectivity index (χ4n) is 5.25. The quantitative estimate of drug-likeness (QED) is 0.546. The molecule has 2 amide bonds. The van der Waals surface area contributed by atoms with E-state index < -0.39 is 5.60 Å². The van der Waals surface area contributed by atoms with Gasteiger partial charge in [-0.2, -0.15) is 5.10 Å². The van der Waals surface area contributed by atoms with Gasteiger partial charge in [0, 0.05) is 37.3 Å². The second kappa shape index (κ2) is 9.56. The van der Waals surface area contributed by atoms with E-state index in [1.54, 1.807) is 0 Å². The lowest BCUT2D eigenvalue weighted by Gasteiger charge is -2.25. The maximum Gasteiger partial charge on any atom is 0.410 e. The van der Waals surface area contributed by atoms with Crippen LogP contribution in [0, 0.1) is 13.8 Å². The smallest absolute Gasteiger partial charge is 0.410 e. The van der Waals surface area contributed by atoms with Crippen molar-refractivity contribution in [2.75, 3.05) is 26.2 Å². The van der Waals surface area contributed by atoms with E-state index >= 15 is 0 Å². The molecule has 1 aromatic heterocycles. The average molecular weight is 473 g/mol. The van der Waals surface area contributed by atoms with Gasteiger partial charge in [0.25, 0.3) is 5.91 Å². The number of hydrogen-bond donors (Lipinski definition) is 0. The Morgan fingerprint density at radius 1 is 1.03 bits per heavy atom. The summed E-state index contributed by atoms with van der Waals surface area (Å²) in [5.74, 6) is 0.00990. The van der Waals surface area contributed by atoms with Gasteiger partial charge in [-0.05, 0) is 62.9 Å². The zero-order valence-corrected chi connectivity index (χ0v) is 20.4. The van der Waals surface area contributed by atoms with Crippen LogP contribution < -0.4 is 0 Å². The molecule has 3 heterocycles. The third-order valence-corrected chi connectivity index (χ3v) is 7.09. The molecule has 2 aliphatic rings. The fraction of sp³-hybridized carbons (Fsp3) is 0.393. The normalized spacial score (nSPS) is 20.2. The first kappa shape index (κ1) is 23.1. The maximum atomic E-state index is 13.4. The van der Waals surface area contributed by atoms with Gasteiger partial charge in [-0.1, -0.05) is 36.4 Å². The first-order valence-electron chi connectivity index (χ1n) is 12.4. The number of amides is 2. The van der Waals surface area contributed by atoms with Gasteiger partial charge in [0.2, 0.25) is 0 Å². The number of ether oxygens (including phenoxy) is 1. The Labute approximate surface area is 206 Å². The molecule has 0 aliphatic carbocycles. The Kier molecular flexibility index (Phi) is 6.32. The van der Waals surface area contributed by atoms with Crippen LogP contribution in [-0.4, -0.2) is 63.4 Å². The molecule has 0 N–H and O–H groups in total. The number of benzene rings is 2. The summed E-state index contributed by atoms with van der Waals surface area (Å²) in [4.78, 5) is 29.8. The largest absolute Gasteiger partial charge is 0.441 e. The van der Waals surface area contributed by atoms with Gasteiger partial charge in [0.05, 0.1) is 17.9 Å². The van der Waals surface area contributed by atoms with Crippen LogP contribution in [0.5, 0.6) is 0 Å². The summed E-state index contributed by atoms with van der Waals surface area (Å²) in [6.45, 7) is 6.44. The average Bonchev–Trinajstić information content (AvgIpc) is 3.28. The Balaban J connectivity index is 1.23. The zero-order chi connectivity index (χ0) is 24.4. The molecule has 7 nitrogen and oxygen atoms in total. The number of likely N-dealkylation sites (tertiary alicyclic amines) is 1. The molecule has 2 aliphatic heterocycles. The van der Waals surface area contributed by atoms with Gasteiger partial charge < -0.3 is 14.5 Å². The molecular formula is C28H32N4O3. The Morgan fingerprint density at radius 3 is 2.63 bits per heavy atom. The third kappa shape index (κ3) is 4.94. The second-order valence-corrected chi connectivity index (χ2v) is 9.74. The van der Waals surface area contributed by atoms with Gasteiger partial charge in [-0.25, -0.2) is 9.48 Å². The Morgan fingerprint density at radius 2 is 1.86 bits per heavy atom. The minimum Gasteiger partial charge on any atom is -0.441 e. The number of nitrogens with zero attached hydrogens (tertiary/aromatic N) is 4. The van der Waals surface area contributed by atoms with E-state index in [-0.39, 0.29) is 12.0 Å². The molecular weight excluding hydrogens is 440 g/mol. The lowest BCUT2D eigenvalue weighted by molar-refractivity contribution is 0.0438. The number of rotatable bonds is 5. The molecule has 2 aromatic carbocycles. The predicted molar refractivity (Wildman–Crippen MR) is 134 cm³/mol. The van der Waals surface area contributed by atoms with E-state index in [4.69, 9.17) is 4.74 Å². The van der Waals surface area contributed by atoms with Crippen LogP contribution in [0.15, 0.2) is 60.7 Å². The van der Waals surface area contributed by atoms with Crippen LogP contribution in [0.25, 0.3) is 5.69 Å². The van der Waals surface area contributed by atoms with E-state index in [0.29, 0.717) is 38.2 Å². The fourth-order valence-corrected chi connectivity index (χ4v) is 5.25. The van der Waals surface area contributed by atoms with Crippen molar-refractivity contribution in [2.24, 2.45) is 0 Å². The van der Waals surface area contributed by atoms with Crippen LogP contribution >= 0.6 is 0 Å². The second-order valence-electron chi connectivity index (χ2n) is 9.74. The lowest BCUT2D eigenvalue weighted by Crippen LogP contribution is -2.37. The van der Waals surface area contributed by atoms with Crippen LogP contribution in [0.4, 0.5) is 4.79 Å². The summed E-state index contributed by atoms with van der Waals surface area (Å²) in [5.41, 5.74) is 4.21. The predicted octanol–water partition coefficient (Wildman–Crippen LogP) is 4.55. The Hall–Kier alpha value is -3.61. The highest BCUT2D eigenvalue weighted by molar-refractivity contribution is 5.94. The number of aryl methyl sites for hydroxylation is 2. The first-order valence-corrected chi connectivity index (χ1v) is 12.4. The molecule has 2 fully saturated rings. The van der Waals surface area contributed by atoms with Crippen molar-refractivity contribution in [3.05, 3.63) is 83.2 Å². The molecule has 0 radical (unpaired) electrons. The standard InChI is InChI=1S/C28H32N4O3/c1-21-18-22(2)32(29-21)25-11-6-10-24(19-25)26(33)30-15-7-13-28(14-17-30)20-31(27(34)35-28)16-12-23-8-4-3-5-9-23/h3-6,8-11,18-19H,7,12-17,20H2,1-2H3. The van der Waals surface area contributed by atoms with Gasteiger partial charge in [0.1, 0.15) is 5.60 Å². The van der Waals surface area contributed by atoms with Crippen molar-refractivity contribution in [1.29, 1.82) is 0 Å². The van der Waals surface area contributed by atoms with E-state index in [9.17, 15) is 9.59 Å². The van der Waals surface area contributed by atoms with Crippen molar-refractivity contribution in [2.45, 2.75) is 45.1 Å². The summed E-state index contributed by atoms with van der Waals surface area (Å²) in [6.07, 6.45) is 2.81. The van der Waals surface area contributed by atoms with Gasteiger partial charge in [0.15, 0.2) is 0 Å². The van der Waals surface area contributed by atoms with Crippen LogP contribution in [-0.2, 0) is 11.2 Å². The molecule has 7 heteroatoms. The van der Waals surface area contributed by atoms with Crippen LogP contribution in [0.2, 0.25) is 0 Å². The Bertz CT molecular complexity index is 1220. The SMILES string of the molecule is Cc1cc(C)n(-c2cccc(C(=O)N3CCCC4(CC3)CN(CCc3ccccc3)C(=O)O4)c2)n1. The highest BCUT2D eigenvalue weighted by Gasteiger charge is 2.45. The summed E-state index contributed by atoms with van der Waals surface area (Å²) >= 11 is 0. The van der Waals surface area contributed by atoms with Gasteiger partial charge in [-0.3, -0.25) is 4.79 Å². The van der Waals surface area contributed by atoms with Crippen molar-refractivity contribution in [1.82, 2.24) is 19.6 Å². The third-order valence-electron chi connectivity index (χ3n) is 7.09. The van der Waals surface area contributed by atoms with E-state index in [0.717, 1.165) is 36.3 Å². The molecule has 35 heavy (non-hydrogen) atoms. The molecule has 5 rings (SSSR count). The van der Waals surface area contributed by atoms with E-state index in [1.807, 2.05) is 76.9 Å².